The molecule has 10 nitrogen and oxygen atoms in total. The molecule has 0 atom stereocenters. The molecule has 35 heavy (non-hydrogen) atoms. The van der Waals surface area contributed by atoms with Crippen molar-refractivity contribution in [3.8, 4) is 11.5 Å². The Bertz CT molecular complexity index is 1220. The summed E-state index contributed by atoms with van der Waals surface area (Å²) >= 11 is 6.42. The van der Waals surface area contributed by atoms with Crippen molar-refractivity contribution < 1.29 is 28.8 Å². The normalized spacial score (nSPS) is 17.6. The van der Waals surface area contributed by atoms with Crippen LogP contribution in [0.15, 0.2) is 42.0 Å². The second-order valence-electron chi connectivity index (χ2n) is 8.18. The largest absolute Gasteiger partial charge is 0.493 e. The number of hydrogen-bond acceptors (Lipinski definition) is 7. The third-order valence-corrected chi connectivity index (χ3v) is 6.20. The Labute approximate surface area is 205 Å². The van der Waals surface area contributed by atoms with Gasteiger partial charge in [-0.3, -0.25) is 29.9 Å². The van der Waals surface area contributed by atoms with Gasteiger partial charge in [-0.2, -0.15) is 0 Å². The van der Waals surface area contributed by atoms with E-state index in [0.717, 1.165) is 17.7 Å². The van der Waals surface area contributed by atoms with Gasteiger partial charge in [0, 0.05) is 18.2 Å². The van der Waals surface area contributed by atoms with E-state index in [1.165, 1.54) is 31.4 Å². The van der Waals surface area contributed by atoms with E-state index in [2.05, 4.69) is 5.32 Å². The number of hydrogen-bond donors (Lipinski definition) is 1. The zero-order valence-electron chi connectivity index (χ0n) is 18.8. The number of nitro benzene ring substituents is 1. The molecule has 1 saturated carbocycles. The average molecular weight is 500 g/mol. The Hall–Kier alpha value is -3.92. The monoisotopic (exact) mass is 499 g/mol. The van der Waals surface area contributed by atoms with Gasteiger partial charge in [0.1, 0.15) is 12.2 Å². The van der Waals surface area contributed by atoms with Gasteiger partial charge in [0.25, 0.3) is 17.5 Å². The van der Waals surface area contributed by atoms with Gasteiger partial charge in [-0.15, -0.1) is 0 Å². The number of benzene rings is 2. The van der Waals surface area contributed by atoms with Gasteiger partial charge < -0.3 is 9.47 Å². The lowest BCUT2D eigenvalue weighted by atomic mass is 10.0. The Morgan fingerprint density at radius 1 is 1.17 bits per heavy atom. The molecule has 1 saturated heterocycles. The summed E-state index contributed by atoms with van der Waals surface area (Å²) in [7, 11) is 1.42. The third kappa shape index (κ3) is 5.12. The average Bonchev–Trinajstić information content (AvgIpc) is 3.35. The van der Waals surface area contributed by atoms with E-state index >= 15 is 0 Å². The highest BCUT2D eigenvalue weighted by atomic mass is 35.5. The first-order valence-corrected chi connectivity index (χ1v) is 11.3. The molecule has 0 unspecified atom stereocenters. The number of imide groups is 2. The van der Waals surface area contributed by atoms with Crippen LogP contribution < -0.4 is 14.8 Å². The number of non-ortho nitro benzene ring substituents is 1. The highest BCUT2D eigenvalue weighted by Crippen LogP contribution is 2.38. The molecule has 1 heterocycles. The minimum atomic E-state index is -0.775. The van der Waals surface area contributed by atoms with Gasteiger partial charge in [-0.1, -0.05) is 24.4 Å². The van der Waals surface area contributed by atoms with Crippen LogP contribution in [0.5, 0.6) is 11.5 Å². The number of rotatable bonds is 7. The van der Waals surface area contributed by atoms with Crippen LogP contribution >= 0.6 is 11.6 Å². The number of amides is 4. The smallest absolute Gasteiger partial charge is 0.331 e. The summed E-state index contributed by atoms with van der Waals surface area (Å²) in [5.74, 6) is -0.919. The molecule has 4 rings (SSSR count). The van der Waals surface area contributed by atoms with Crippen molar-refractivity contribution in [2.24, 2.45) is 0 Å². The highest BCUT2D eigenvalue weighted by Gasteiger charge is 2.40. The Morgan fingerprint density at radius 2 is 1.86 bits per heavy atom. The van der Waals surface area contributed by atoms with Crippen LogP contribution in [-0.2, 0) is 16.2 Å². The number of methoxy groups -OCH3 is 1. The summed E-state index contributed by atoms with van der Waals surface area (Å²) in [6.07, 6.45) is 4.62. The summed E-state index contributed by atoms with van der Waals surface area (Å²) in [5.41, 5.74) is 0.889. The molecule has 11 heteroatoms. The zero-order valence-corrected chi connectivity index (χ0v) is 19.5. The van der Waals surface area contributed by atoms with Crippen molar-refractivity contribution in [1.29, 1.82) is 0 Å². The quantitative estimate of drug-likeness (QED) is 0.261. The first kappa shape index (κ1) is 24.2. The van der Waals surface area contributed by atoms with Crippen molar-refractivity contribution in [2.45, 2.75) is 38.3 Å². The van der Waals surface area contributed by atoms with Crippen LogP contribution in [0.25, 0.3) is 6.08 Å². The van der Waals surface area contributed by atoms with E-state index in [-0.39, 0.29) is 40.4 Å². The van der Waals surface area contributed by atoms with Gasteiger partial charge in [-0.25, -0.2) is 4.79 Å². The number of carbonyl (C=O) groups excluding carboxylic acids is 3. The first-order valence-electron chi connectivity index (χ1n) is 10.9. The van der Waals surface area contributed by atoms with E-state index < -0.39 is 22.8 Å². The predicted octanol–water partition coefficient (Wildman–Crippen LogP) is 4.24. The maximum atomic E-state index is 13.0. The molecule has 2 aromatic rings. The minimum absolute atomic E-state index is 0.0313. The van der Waals surface area contributed by atoms with E-state index in [0.29, 0.717) is 24.0 Å². The van der Waals surface area contributed by atoms with Gasteiger partial charge in [0.2, 0.25) is 0 Å². The second-order valence-corrected chi connectivity index (χ2v) is 8.58. The molecular formula is C24H22ClN3O7. The van der Waals surface area contributed by atoms with E-state index in [1.807, 2.05) is 0 Å². The fraction of sp³-hybridized carbons (Fsp3) is 0.292. The molecule has 0 spiro atoms. The Kier molecular flexibility index (Phi) is 7.02. The summed E-state index contributed by atoms with van der Waals surface area (Å²) in [6.45, 7) is 0.0772. The number of barbiturate groups is 1. The SMILES string of the molecule is COc1cc(/C=C2\C(=O)NC(=O)N(C3CCCC3)C2=O)cc(Cl)c1OCc1ccc([N+](=O)[O-])cc1. The van der Waals surface area contributed by atoms with Gasteiger partial charge >= 0.3 is 6.03 Å². The molecule has 0 bridgehead atoms. The molecule has 4 amide bonds. The van der Waals surface area contributed by atoms with Crippen molar-refractivity contribution >= 4 is 41.2 Å². The molecule has 1 N–H and O–H groups in total. The maximum Gasteiger partial charge on any atom is 0.331 e. The Morgan fingerprint density at radius 3 is 2.49 bits per heavy atom. The molecule has 1 aliphatic heterocycles. The van der Waals surface area contributed by atoms with Crippen LogP contribution in [0.3, 0.4) is 0 Å². The lowest BCUT2D eigenvalue weighted by molar-refractivity contribution is -0.384. The third-order valence-electron chi connectivity index (χ3n) is 5.92. The molecular weight excluding hydrogens is 478 g/mol. The molecule has 182 valence electrons. The fourth-order valence-corrected chi connectivity index (χ4v) is 4.44. The minimum Gasteiger partial charge on any atom is -0.493 e. The number of carbonyl (C=O) groups is 3. The zero-order chi connectivity index (χ0) is 25.1. The Balaban J connectivity index is 1.57. The second kappa shape index (κ2) is 10.1. The highest BCUT2D eigenvalue weighted by molar-refractivity contribution is 6.33. The molecule has 2 aliphatic rings. The standard InChI is InChI=1S/C24H22ClN3O7/c1-34-20-12-15(10-18-22(29)26-24(31)27(23(18)30)16-4-2-3-5-16)11-19(25)21(20)35-13-14-6-8-17(9-7-14)28(32)33/h6-12,16H,2-5,13H2,1H3,(H,26,29,31)/b18-10+. The number of halogens is 1. The van der Waals surface area contributed by atoms with Crippen LogP contribution in [0.1, 0.15) is 36.8 Å². The van der Waals surface area contributed by atoms with Gasteiger partial charge in [0.05, 0.1) is 17.1 Å². The van der Waals surface area contributed by atoms with Crippen LogP contribution in [-0.4, -0.2) is 40.8 Å². The molecule has 2 aromatic carbocycles. The van der Waals surface area contributed by atoms with Crippen molar-refractivity contribution in [3.05, 3.63) is 68.2 Å². The van der Waals surface area contributed by atoms with E-state index in [1.54, 1.807) is 18.2 Å². The lowest BCUT2D eigenvalue weighted by Gasteiger charge is -2.31. The molecule has 2 fully saturated rings. The van der Waals surface area contributed by atoms with Crippen molar-refractivity contribution in [2.75, 3.05) is 7.11 Å². The van der Waals surface area contributed by atoms with Gasteiger partial charge in [-0.05, 0) is 54.3 Å². The van der Waals surface area contributed by atoms with Crippen LogP contribution in [0, 0.1) is 10.1 Å². The molecule has 0 aromatic heterocycles. The number of nitrogens with zero attached hydrogens (tertiary/aromatic N) is 2. The van der Waals surface area contributed by atoms with Crippen LogP contribution in [0.2, 0.25) is 5.02 Å². The van der Waals surface area contributed by atoms with E-state index in [9.17, 15) is 24.5 Å². The van der Waals surface area contributed by atoms with Crippen molar-refractivity contribution in [3.63, 3.8) is 0 Å². The number of ether oxygens (including phenoxy) is 2. The van der Waals surface area contributed by atoms with Gasteiger partial charge in [0.15, 0.2) is 11.5 Å². The van der Waals surface area contributed by atoms with E-state index in [4.69, 9.17) is 21.1 Å². The maximum absolute atomic E-state index is 13.0. The summed E-state index contributed by atoms with van der Waals surface area (Å²) in [5, 5.41) is 13.2. The van der Waals surface area contributed by atoms with Crippen LogP contribution in [0.4, 0.5) is 10.5 Å². The molecule has 0 radical (unpaired) electrons. The summed E-state index contributed by atoms with van der Waals surface area (Å²) in [6, 6.07) is 8.03. The van der Waals surface area contributed by atoms with Crippen molar-refractivity contribution in [1.82, 2.24) is 10.2 Å². The first-order chi connectivity index (χ1) is 16.8. The fourth-order valence-electron chi connectivity index (χ4n) is 4.16. The topological polar surface area (TPSA) is 128 Å². The number of nitrogens with one attached hydrogen (secondary N) is 1. The lowest BCUT2D eigenvalue weighted by Crippen LogP contribution is -2.57. The molecule has 1 aliphatic carbocycles. The summed E-state index contributed by atoms with van der Waals surface area (Å²) in [4.78, 5) is 49.2. The number of nitro groups is 1. The predicted molar refractivity (Wildman–Crippen MR) is 126 cm³/mol. The number of urea groups is 1. The summed E-state index contributed by atoms with van der Waals surface area (Å²) < 4.78 is 11.2.